The molecule has 0 fully saturated rings. The molecule has 1 unspecified atom stereocenters. The highest BCUT2D eigenvalue weighted by molar-refractivity contribution is 6.30. The fourth-order valence-corrected chi connectivity index (χ4v) is 2.33. The van der Waals surface area contributed by atoms with Crippen LogP contribution in [-0.4, -0.2) is 28.0 Å². The number of aromatic carboxylic acids is 1. The van der Waals surface area contributed by atoms with Crippen LogP contribution >= 0.6 is 11.6 Å². The maximum absolute atomic E-state index is 10.9. The van der Waals surface area contributed by atoms with E-state index in [1.165, 1.54) is 6.20 Å². The second kappa shape index (κ2) is 6.70. The molecule has 1 aromatic heterocycles. The molecule has 4 nitrogen and oxygen atoms in total. The minimum atomic E-state index is -1.01. The summed E-state index contributed by atoms with van der Waals surface area (Å²) in [7, 11) is 1.99. The first kappa shape index (κ1) is 15.5. The Bertz CT molecular complexity index is 646. The average molecular weight is 305 g/mol. The normalized spacial score (nSPS) is 12.4. The van der Waals surface area contributed by atoms with Gasteiger partial charge in [-0.2, -0.15) is 0 Å². The molecular formula is C16H17ClN2O2. The second-order valence-electron chi connectivity index (χ2n) is 5.00. The Morgan fingerprint density at radius 3 is 2.81 bits per heavy atom. The summed E-state index contributed by atoms with van der Waals surface area (Å²) < 4.78 is 0. The summed E-state index contributed by atoms with van der Waals surface area (Å²) in [6.45, 7) is 2.72. The predicted molar refractivity (Wildman–Crippen MR) is 82.5 cm³/mol. The molecule has 2 aromatic rings. The number of aromatic nitrogens is 1. The van der Waals surface area contributed by atoms with Gasteiger partial charge < -0.3 is 5.11 Å². The van der Waals surface area contributed by atoms with Gasteiger partial charge in [0.25, 0.3) is 0 Å². The van der Waals surface area contributed by atoms with Crippen LogP contribution in [0.5, 0.6) is 0 Å². The van der Waals surface area contributed by atoms with Crippen LogP contribution < -0.4 is 0 Å². The molecule has 0 saturated carbocycles. The van der Waals surface area contributed by atoms with Gasteiger partial charge in [-0.3, -0.25) is 4.90 Å². The molecule has 0 spiro atoms. The van der Waals surface area contributed by atoms with Crippen molar-refractivity contribution in [3.8, 4) is 0 Å². The zero-order chi connectivity index (χ0) is 15.4. The van der Waals surface area contributed by atoms with Gasteiger partial charge >= 0.3 is 5.97 Å². The maximum atomic E-state index is 10.9. The lowest BCUT2D eigenvalue weighted by Crippen LogP contribution is -2.22. The highest BCUT2D eigenvalue weighted by atomic mass is 35.5. The molecule has 2 rings (SSSR count). The van der Waals surface area contributed by atoms with E-state index in [1.54, 1.807) is 6.07 Å². The third-order valence-corrected chi connectivity index (χ3v) is 3.70. The topological polar surface area (TPSA) is 53.4 Å². The third kappa shape index (κ3) is 4.03. The van der Waals surface area contributed by atoms with Crippen LogP contribution in [-0.2, 0) is 6.54 Å². The Kier molecular flexibility index (Phi) is 4.94. The number of benzene rings is 1. The average Bonchev–Trinajstić information content (AvgIpc) is 2.46. The van der Waals surface area contributed by atoms with Crippen LogP contribution in [0.1, 0.15) is 34.6 Å². The van der Waals surface area contributed by atoms with Crippen molar-refractivity contribution in [1.29, 1.82) is 0 Å². The SMILES string of the molecule is CC(c1cccc(Cl)c1)N(C)Cc1ccnc(C(=O)O)c1. The standard InChI is InChI=1S/C16H17ClN2O2/c1-11(13-4-3-5-14(17)9-13)19(2)10-12-6-7-18-15(8-12)16(20)21/h3-9,11H,10H2,1-2H3,(H,20,21). The van der Waals surface area contributed by atoms with Gasteiger partial charge in [0.2, 0.25) is 0 Å². The Morgan fingerprint density at radius 2 is 2.14 bits per heavy atom. The summed E-state index contributed by atoms with van der Waals surface area (Å²) in [6.07, 6.45) is 1.52. The van der Waals surface area contributed by atoms with E-state index in [2.05, 4.69) is 16.8 Å². The number of nitrogens with zero attached hydrogens (tertiary/aromatic N) is 2. The first-order chi connectivity index (χ1) is 9.97. The summed E-state index contributed by atoms with van der Waals surface area (Å²) in [5.41, 5.74) is 2.10. The van der Waals surface area contributed by atoms with Crippen molar-refractivity contribution in [2.45, 2.75) is 19.5 Å². The van der Waals surface area contributed by atoms with E-state index in [4.69, 9.17) is 16.7 Å². The van der Waals surface area contributed by atoms with Crippen molar-refractivity contribution < 1.29 is 9.90 Å². The van der Waals surface area contributed by atoms with Crippen LogP contribution in [0.25, 0.3) is 0 Å². The Labute approximate surface area is 129 Å². The largest absolute Gasteiger partial charge is 0.477 e. The van der Waals surface area contributed by atoms with E-state index >= 15 is 0 Å². The van der Waals surface area contributed by atoms with E-state index in [9.17, 15) is 4.79 Å². The van der Waals surface area contributed by atoms with Crippen molar-refractivity contribution in [2.24, 2.45) is 0 Å². The van der Waals surface area contributed by atoms with Gasteiger partial charge in [-0.1, -0.05) is 23.7 Å². The molecular weight excluding hydrogens is 288 g/mol. The Morgan fingerprint density at radius 1 is 1.38 bits per heavy atom. The number of rotatable bonds is 5. The third-order valence-electron chi connectivity index (χ3n) is 3.47. The lowest BCUT2D eigenvalue weighted by atomic mass is 10.1. The Balaban J connectivity index is 2.12. The molecule has 0 amide bonds. The molecule has 1 atom stereocenters. The van der Waals surface area contributed by atoms with Crippen molar-refractivity contribution >= 4 is 17.6 Å². The summed E-state index contributed by atoms with van der Waals surface area (Å²) in [5, 5.41) is 9.68. The molecule has 0 radical (unpaired) electrons. The summed E-state index contributed by atoms with van der Waals surface area (Å²) in [4.78, 5) is 16.9. The number of pyridine rings is 1. The van der Waals surface area contributed by atoms with E-state index in [1.807, 2.05) is 37.4 Å². The number of hydrogen-bond donors (Lipinski definition) is 1. The van der Waals surface area contributed by atoms with Gasteiger partial charge in [0.1, 0.15) is 5.69 Å². The van der Waals surface area contributed by atoms with Crippen molar-refractivity contribution in [2.75, 3.05) is 7.05 Å². The first-order valence-electron chi connectivity index (χ1n) is 6.61. The van der Waals surface area contributed by atoms with E-state index in [0.717, 1.165) is 11.1 Å². The van der Waals surface area contributed by atoms with E-state index in [-0.39, 0.29) is 11.7 Å². The monoisotopic (exact) mass is 304 g/mol. The van der Waals surface area contributed by atoms with Crippen LogP contribution in [0.3, 0.4) is 0 Å². The number of carbonyl (C=O) groups is 1. The predicted octanol–water partition coefficient (Wildman–Crippen LogP) is 3.63. The molecule has 0 bridgehead atoms. The van der Waals surface area contributed by atoms with Crippen LogP contribution in [0.15, 0.2) is 42.6 Å². The summed E-state index contributed by atoms with van der Waals surface area (Å²) in [6, 6.07) is 11.3. The van der Waals surface area contributed by atoms with Gasteiger partial charge in [-0.25, -0.2) is 9.78 Å². The molecule has 0 aliphatic rings. The zero-order valence-electron chi connectivity index (χ0n) is 12.0. The lowest BCUT2D eigenvalue weighted by Gasteiger charge is -2.25. The smallest absolute Gasteiger partial charge is 0.354 e. The minimum Gasteiger partial charge on any atom is -0.477 e. The van der Waals surface area contributed by atoms with E-state index in [0.29, 0.717) is 11.6 Å². The molecule has 1 N–H and O–H groups in total. The molecule has 21 heavy (non-hydrogen) atoms. The van der Waals surface area contributed by atoms with Crippen molar-refractivity contribution in [3.05, 3.63) is 64.4 Å². The fraction of sp³-hybridized carbons (Fsp3) is 0.250. The van der Waals surface area contributed by atoms with E-state index < -0.39 is 5.97 Å². The van der Waals surface area contributed by atoms with Crippen LogP contribution in [0.2, 0.25) is 5.02 Å². The summed E-state index contributed by atoms with van der Waals surface area (Å²) >= 11 is 6.02. The number of carboxylic acids is 1. The highest BCUT2D eigenvalue weighted by Crippen LogP contribution is 2.23. The minimum absolute atomic E-state index is 0.0660. The molecule has 1 aromatic carbocycles. The van der Waals surface area contributed by atoms with Gasteiger partial charge in [0.05, 0.1) is 0 Å². The number of carboxylic acid groups (broad SMARTS) is 1. The number of hydrogen-bond acceptors (Lipinski definition) is 3. The van der Waals surface area contributed by atoms with Crippen molar-refractivity contribution in [3.63, 3.8) is 0 Å². The molecule has 5 heteroatoms. The van der Waals surface area contributed by atoms with Gasteiger partial charge in [-0.05, 0) is 49.4 Å². The number of halogens is 1. The van der Waals surface area contributed by atoms with Gasteiger partial charge in [0.15, 0.2) is 0 Å². The lowest BCUT2D eigenvalue weighted by molar-refractivity contribution is 0.0690. The quantitative estimate of drug-likeness (QED) is 0.916. The molecule has 0 saturated heterocycles. The van der Waals surface area contributed by atoms with Gasteiger partial charge in [0, 0.05) is 23.8 Å². The first-order valence-corrected chi connectivity index (χ1v) is 6.99. The molecule has 110 valence electrons. The second-order valence-corrected chi connectivity index (χ2v) is 5.44. The zero-order valence-corrected chi connectivity index (χ0v) is 12.7. The molecule has 1 heterocycles. The maximum Gasteiger partial charge on any atom is 0.354 e. The molecule has 0 aliphatic heterocycles. The van der Waals surface area contributed by atoms with Crippen molar-refractivity contribution in [1.82, 2.24) is 9.88 Å². The summed E-state index contributed by atoms with van der Waals surface area (Å²) in [5.74, 6) is -1.01. The molecule has 0 aliphatic carbocycles. The van der Waals surface area contributed by atoms with Crippen LogP contribution in [0.4, 0.5) is 0 Å². The fourth-order valence-electron chi connectivity index (χ4n) is 2.14. The highest BCUT2D eigenvalue weighted by Gasteiger charge is 2.13. The Hall–Kier alpha value is -1.91. The van der Waals surface area contributed by atoms with Crippen LogP contribution in [0, 0.1) is 0 Å². The van der Waals surface area contributed by atoms with Gasteiger partial charge in [-0.15, -0.1) is 0 Å².